The van der Waals surface area contributed by atoms with Gasteiger partial charge in [-0.15, -0.1) is 0 Å². The summed E-state index contributed by atoms with van der Waals surface area (Å²) >= 11 is 0. The molecule has 3 rings (SSSR count). The van der Waals surface area contributed by atoms with E-state index in [0.717, 1.165) is 17.9 Å². The first-order valence-electron chi connectivity index (χ1n) is 8.53. The van der Waals surface area contributed by atoms with Crippen molar-refractivity contribution in [2.75, 3.05) is 13.1 Å². The predicted molar refractivity (Wildman–Crippen MR) is 93.7 cm³/mol. The van der Waals surface area contributed by atoms with Crippen LogP contribution in [0.2, 0.25) is 0 Å². The van der Waals surface area contributed by atoms with Gasteiger partial charge in [-0.2, -0.15) is 5.26 Å². The SMILES string of the molecule is Cc1ccc(-c2ccc(CN3CCC(C)(CC#N)C(F)C3)cc2O)o1. The summed E-state index contributed by atoms with van der Waals surface area (Å²) in [5, 5.41) is 19.2. The van der Waals surface area contributed by atoms with Crippen LogP contribution in [0.25, 0.3) is 11.3 Å². The van der Waals surface area contributed by atoms with Gasteiger partial charge in [0.1, 0.15) is 23.4 Å². The summed E-state index contributed by atoms with van der Waals surface area (Å²) in [6.45, 7) is 5.35. The van der Waals surface area contributed by atoms with Gasteiger partial charge in [-0.3, -0.25) is 4.90 Å². The number of hydrogen-bond donors (Lipinski definition) is 1. The second kappa shape index (κ2) is 6.89. The number of phenols is 1. The molecule has 0 amide bonds. The smallest absolute Gasteiger partial charge is 0.137 e. The molecule has 0 saturated carbocycles. The molecule has 1 aromatic carbocycles. The van der Waals surface area contributed by atoms with Gasteiger partial charge in [-0.1, -0.05) is 13.0 Å². The van der Waals surface area contributed by atoms with Gasteiger partial charge in [0.25, 0.3) is 0 Å². The Kier molecular flexibility index (Phi) is 4.82. The average molecular weight is 342 g/mol. The Bertz CT molecular complexity index is 795. The van der Waals surface area contributed by atoms with Crippen molar-refractivity contribution in [3.05, 3.63) is 41.7 Å². The van der Waals surface area contributed by atoms with Crippen LogP contribution >= 0.6 is 0 Å². The number of aryl methyl sites for hydroxylation is 1. The monoisotopic (exact) mass is 342 g/mol. The number of halogens is 1. The van der Waals surface area contributed by atoms with Gasteiger partial charge in [-0.25, -0.2) is 4.39 Å². The van der Waals surface area contributed by atoms with Gasteiger partial charge in [0.05, 0.1) is 11.6 Å². The summed E-state index contributed by atoms with van der Waals surface area (Å²) in [5.74, 6) is 1.59. The van der Waals surface area contributed by atoms with Gasteiger partial charge < -0.3 is 9.52 Å². The first-order valence-corrected chi connectivity index (χ1v) is 8.53. The lowest BCUT2D eigenvalue weighted by atomic mass is 9.76. The van der Waals surface area contributed by atoms with Crippen LogP contribution in [0.15, 0.2) is 34.7 Å². The van der Waals surface area contributed by atoms with Crippen molar-refractivity contribution in [1.29, 1.82) is 5.26 Å². The van der Waals surface area contributed by atoms with Crippen molar-refractivity contribution in [2.45, 2.75) is 39.4 Å². The second-order valence-corrected chi connectivity index (χ2v) is 7.20. The third kappa shape index (κ3) is 3.69. The third-order valence-corrected chi connectivity index (χ3v) is 5.13. The predicted octanol–water partition coefficient (Wildman–Crippen LogP) is 4.42. The molecule has 1 fully saturated rings. The molecule has 2 atom stereocenters. The summed E-state index contributed by atoms with van der Waals surface area (Å²) in [5.41, 5.74) is 1.04. The van der Waals surface area contributed by atoms with Crippen LogP contribution in [0, 0.1) is 23.7 Å². The number of nitriles is 1. The van der Waals surface area contributed by atoms with Crippen molar-refractivity contribution in [3.8, 4) is 23.1 Å². The fourth-order valence-corrected chi connectivity index (χ4v) is 3.35. The highest BCUT2D eigenvalue weighted by molar-refractivity contribution is 5.66. The molecule has 1 aromatic heterocycles. The van der Waals surface area contributed by atoms with Gasteiger partial charge >= 0.3 is 0 Å². The van der Waals surface area contributed by atoms with E-state index in [2.05, 4.69) is 6.07 Å². The van der Waals surface area contributed by atoms with E-state index in [1.165, 1.54) is 0 Å². The molecule has 0 bridgehead atoms. The number of nitrogens with zero attached hydrogens (tertiary/aromatic N) is 2. The number of rotatable bonds is 4. The van der Waals surface area contributed by atoms with Crippen LogP contribution in [0.4, 0.5) is 4.39 Å². The van der Waals surface area contributed by atoms with Crippen LogP contribution in [-0.2, 0) is 6.54 Å². The minimum absolute atomic E-state index is 0.162. The summed E-state index contributed by atoms with van der Waals surface area (Å²) < 4.78 is 20.0. The van der Waals surface area contributed by atoms with Crippen LogP contribution < -0.4 is 0 Å². The Morgan fingerprint density at radius 3 is 2.80 bits per heavy atom. The topological polar surface area (TPSA) is 60.4 Å². The van der Waals surface area contributed by atoms with Crippen molar-refractivity contribution < 1.29 is 13.9 Å². The normalized spacial score (nSPS) is 24.2. The van der Waals surface area contributed by atoms with Crippen LogP contribution in [-0.4, -0.2) is 29.3 Å². The molecular formula is C20H23FN2O2. The summed E-state index contributed by atoms with van der Waals surface area (Å²) in [6, 6.07) is 11.3. The van der Waals surface area contributed by atoms with E-state index in [-0.39, 0.29) is 12.2 Å². The number of phenolic OH excluding ortho intramolecular Hbond substituents is 1. The van der Waals surface area contributed by atoms with Crippen molar-refractivity contribution in [1.82, 2.24) is 4.90 Å². The van der Waals surface area contributed by atoms with Crippen molar-refractivity contribution in [3.63, 3.8) is 0 Å². The Hall–Kier alpha value is -2.32. The first-order chi connectivity index (χ1) is 11.9. The highest BCUT2D eigenvalue weighted by Gasteiger charge is 2.39. The maximum Gasteiger partial charge on any atom is 0.137 e. The molecule has 2 heterocycles. The number of likely N-dealkylation sites (tertiary alicyclic amines) is 1. The van der Waals surface area contributed by atoms with Gasteiger partial charge in [0, 0.05) is 24.9 Å². The Morgan fingerprint density at radius 1 is 1.40 bits per heavy atom. The Labute approximate surface area is 147 Å². The molecule has 0 spiro atoms. The molecule has 0 aliphatic carbocycles. The molecular weight excluding hydrogens is 319 g/mol. The minimum Gasteiger partial charge on any atom is -0.507 e. The van der Waals surface area contributed by atoms with Gasteiger partial charge in [0.2, 0.25) is 0 Å². The lowest BCUT2D eigenvalue weighted by Crippen LogP contribution is -2.47. The molecule has 1 aliphatic rings. The number of furan rings is 1. The van der Waals surface area contributed by atoms with Crippen LogP contribution in [0.3, 0.4) is 0 Å². The first kappa shape index (κ1) is 17.5. The molecule has 1 saturated heterocycles. The summed E-state index contributed by atoms with van der Waals surface area (Å²) in [4.78, 5) is 2.04. The average Bonchev–Trinajstić information content (AvgIpc) is 2.98. The highest BCUT2D eigenvalue weighted by atomic mass is 19.1. The minimum atomic E-state index is -1.01. The zero-order valence-corrected chi connectivity index (χ0v) is 14.6. The maximum absolute atomic E-state index is 14.5. The number of alkyl halides is 1. The number of benzene rings is 1. The summed E-state index contributed by atoms with van der Waals surface area (Å²) in [6.07, 6.45) is -0.0998. The van der Waals surface area contributed by atoms with E-state index in [1.807, 2.05) is 43.0 Å². The number of aromatic hydroxyl groups is 1. The number of hydrogen-bond acceptors (Lipinski definition) is 4. The van der Waals surface area contributed by atoms with Crippen LogP contribution in [0.1, 0.15) is 31.1 Å². The van der Waals surface area contributed by atoms with E-state index in [4.69, 9.17) is 9.68 Å². The standard InChI is InChI=1S/C20H23FN2O2/c1-14-3-6-18(25-14)16-5-4-15(11-17(16)24)12-23-10-8-20(2,7-9-22)19(21)13-23/h3-6,11,19,24H,7-8,10,12-13H2,1-2H3. The van der Waals surface area contributed by atoms with E-state index in [0.29, 0.717) is 30.8 Å². The molecule has 132 valence electrons. The lowest BCUT2D eigenvalue weighted by Gasteiger charge is -2.41. The maximum atomic E-state index is 14.5. The molecule has 25 heavy (non-hydrogen) atoms. The van der Waals surface area contributed by atoms with E-state index in [1.54, 1.807) is 6.07 Å². The molecule has 5 heteroatoms. The molecule has 2 aromatic rings. The second-order valence-electron chi connectivity index (χ2n) is 7.20. The third-order valence-electron chi connectivity index (χ3n) is 5.13. The van der Waals surface area contributed by atoms with Crippen LogP contribution in [0.5, 0.6) is 5.75 Å². The molecule has 4 nitrogen and oxygen atoms in total. The Morgan fingerprint density at radius 2 is 2.20 bits per heavy atom. The summed E-state index contributed by atoms with van der Waals surface area (Å²) in [7, 11) is 0. The van der Waals surface area contributed by atoms with E-state index < -0.39 is 11.6 Å². The van der Waals surface area contributed by atoms with Crippen molar-refractivity contribution >= 4 is 0 Å². The van der Waals surface area contributed by atoms with Crippen molar-refractivity contribution in [2.24, 2.45) is 5.41 Å². The fourth-order valence-electron chi connectivity index (χ4n) is 3.35. The van der Waals surface area contributed by atoms with Gasteiger partial charge in [0.15, 0.2) is 0 Å². The molecule has 2 unspecified atom stereocenters. The zero-order chi connectivity index (χ0) is 18.0. The molecule has 1 N–H and O–H groups in total. The lowest BCUT2D eigenvalue weighted by molar-refractivity contribution is 0.0186. The van der Waals surface area contributed by atoms with E-state index >= 15 is 0 Å². The largest absolute Gasteiger partial charge is 0.507 e. The molecule has 0 radical (unpaired) electrons. The van der Waals surface area contributed by atoms with E-state index in [9.17, 15) is 9.50 Å². The quantitative estimate of drug-likeness (QED) is 0.893. The Balaban J connectivity index is 1.68. The fraction of sp³-hybridized carbons (Fsp3) is 0.450. The zero-order valence-electron chi connectivity index (χ0n) is 14.6. The number of piperidine rings is 1. The van der Waals surface area contributed by atoms with Gasteiger partial charge in [-0.05, 0) is 49.7 Å². The highest BCUT2D eigenvalue weighted by Crippen LogP contribution is 2.37. The molecule has 1 aliphatic heterocycles.